The Morgan fingerprint density at radius 2 is 2.33 bits per heavy atom. The molecule has 5 heteroatoms. The third-order valence-electron chi connectivity index (χ3n) is 1.91. The first-order valence-corrected chi connectivity index (χ1v) is 5.22. The number of rotatable bonds is 4. The maximum atomic E-state index is 10.3. The molecule has 0 radical (unpaired) electrons. The molecule has 0 spiro atoms. The number of benzene rings is 1. The van der Waals surface area contributed by atoms with Gasteiger partial charge in [-0.25, -0.2) is 4.79 Å². The molecule has 0 fully saturated rings. The maximum absolute atomic E-state index is 10.3. The van der Waals surface area contributed by atoms with Gasteiger partial charge in [-0.05, 0) is 30.2 Å². The molecule has 1 amide bonds. The van der Waals surface area contributed by atoms with Crippen molar-refractivity contribution in [3.05, 3.63) is 28.2 Å². The molecule has 1 aromatic rings. The lowest BCUT2D eigenvalue weighted by Gasteiger charge is -2.08. The summed E-state index contributed by atoms with van der Waals surface area (Å²) in [5.74, 6) is 0.769. The highest BCUT2D eigenvalue weighted by molar-refractivity contribution is 9.10. The molecule has 0 aliphatic rings. The van der Waals surface area contributed by atoms with E-state index in [1.54, 1.807) is 7.11 Å². The van der Waals surface area contributed by atoms with Crippen molar-refractivity contribution in [1.82, 2.24) is 5.32 Å². The van der Waals surface area contributed by atoms with E-state index in [1.807, 2.05) is 18.2 Å². The zero-order chi connectivity index (χ0) is 11.3. The van der Waals surface area contributed by atoms with Crippen LogP contribution in [-0.2, 0) is 6.42 Å². The van der Waals surface area contributed by atoms with Crippen LogP contribution in [0.3, 0.4) is 0 Å². The lowest BCUT2D eigenvalue weighted by atomic mass is 10.1. The SMILES string of the molecule is COc1ccc(Br)cc1CCNC(=O)O. The van der Waals surface area contributed by atoms with Gasteiger partial charge in [0.1, 0.15) is 5.75 Å². The largest absolute Gasteiger partial charge is 0.496 e. The monoisotopic (exact) mass is 273 g/mol. The standard InChI is InChI=1S/C10H12BrNO3/c1-15-9-3-2-8(11)6-7(9)4-5-12-10(13)14/h2-3,6,12H,4-5H2,1H3,(H,13,14). The minimum atomic E-state index is -1.01. The molecule has 0 aromatic heterocycles. The molecule has 0 aliphatic carbocycles. The van der Waals surface area contributed by atoms with Gasteiger partial charge in [-0.15, -0.1) is 0 Å². The molecule has 0 saturated carbocycles. The maximum Gasteiger partial charge on any atom is 0.404 e. The van der Waals surface area contributed by atoms with Gasteiger partial charge < -0.3 is 15.2 Å². The number of hydrogen-bond donors (Lipinski definition) is 2. The molecule has 1 aromatic carbocycles. The first kappa shape index (κ1) is 11.8. The Morgan fingerprint density at radius 1 is 1.60 bits per heavy atom. The van der Waals surface area contributed by atoms with E-state index in [2.05, 4.69) is 21.2 Å². The lowest BCUT2D eigenvalue weighted by molar-refractivity contribution is 0.194. The van der Waals surface area contributed by atoms with Crippen molar-refractivity contribution in [2.45, 2.75) is 6.42 Å². The normalized spacial score (nSPS) is 9.73. The molecule has 82 valence electrons. The topological polar surface area (TPSA) is 58.6 Å². The van der Waals surface area contributed by atoms with Crippen LogP contribution in [0.15, 0.2) is 22.7 Å². The summed E-state index contributed by atoms with van der Waals surface area (Å²) < 4.78 is 6.11. The second kappa shape index (κ2) is 5.60. The molecule has 4 nitrogen and oxygen atoms in total. The highest BCUT2D eigenvalue weighted by Crippen LogP contribution is 2.22. The van der Waals surface area contributed by atoms with E-state index in [-0.39, 0.29) is 0 Å². The Bertz CT molecular complexity index is 355. The van der Waals surface area contributed by atoms with E-state index in [0.29, 0.717) is 13.0 Å². The molecule has 2 N–H and O–H groups in total. The molecule has 0 unspecified atom stereocenters. The predicted molar refractivity (Wildman–Crippen MR) is 60.4 cm³/mol. The molecule has 0 heterocycles. The van der Waals surface area contributed by atoms with Crippen LogP contribution >= 0.6 is 15.9 Å². The van der Waals surface area contributed by atoms with Gasteiger partial charge in [0, 0.05) is 11.0 Å². The first-order chi connectivity index (χ1) is 7.13. The smallest absolute Gasteiger partial charge is 0.404 e. The fourth-order valence-corrected chi connectivity index (χ4v) is 1.66. The van der Waals surface area contributed by atoms with E-state index in [4.69, 9.17) is 9.84 Å². The van der Waals surface area contributed by atoms with E-state index in [9.17, 15) is 4.79 Å². The molecule has 0 aliphatic heterocycles. The van der Waals surface area contributed by atoms with Crippen LogP contribution in [0.1, 0.15) is 5.56 Å². The quantitative estimate of drug-likeness (QED) is 0.885. The number of ether oxygens (including phenoxy) is 1. The molecular formula is C10H12BrNO3. The van der Waals surface area contributed by atoms with Gasteiger partial charge in [-0.1, -0.05) is 15.9 Å². The first-order valence-electron chi connectivity index (χ1n) is 4.42. The van der Waals surface area contributed by atoms with Gasteiger partial charge in [0.15, 0.2) is 0 Å². The minimum absolute atomic E-state index is 0.377. The van der Waals surface area contributed by atoms with E-state index in [0.717, 1.165) is 15.8 Å². The summed E-state index contributed by atoms with van der Waals surface area (Å²) in [6, 6.07) is 5.65. The van der Waals surface area contributed by atoms with E-state index in [1.165, 1.54) is 0 Å². The summed E-state index contributed by atoms with van der Waals surface area (Å²) in [7, 11) is 1.59. The molecule has 15 heavy (non-hydrogen) atoms. The number of methoxy groups -OCH3 is 1. The van der Waals surface area contributed by atoms with Crippen molar-refractivity contribution in [2.75, 3.05) is 13.7 Å². The lowest BCUT2D eigenvalue weighted by Crippen LogP contribution is -2.23. The van der Waals surface area contributed by atoms with E-state index >= 15 is 0 Å². The summed E-state index contributed by atoms with van der Waals surface area (Å²) in [6.45, 7) is 0.377. The van der Waals surface area contributed by atoms with Crippen LogP contribution in [0.25, 0.3) is 0 Å². The summed E-state index contributed by atoms with van der Waals surface area (Å²) in [5, 5.41) is 10.7. The van der Waals surface area contributed by atoms with Crippen LogP contribution in [0, 0.1) is 0 Å². The average Bonchev–Trinajstić information content (AvgIpc) is 2.17. The average molecular weight is 274 g/mol. The Morgan fingerprint density at radius 3 is 2.93 bits per heavy atom. The Balaban J connectivity index is 2.65. The van der Waals surface area contributed by atoms with Gasteiger partial charge in [-0.3, -0.25) is 0 Å². The zero-order valence-corrected chi connectivity index (χ0v) is 9.87. The zero-order valence-electron chi connectivity index (χ0n) is 8.29. The van der Waals surface area contributed by atoms with Gasteiger partial charge in [0.25, 0.3) is 0 Å². The fraction of sp³-hybridized carbons (Fsp3) is 0.300. The molecular weight excluding hydrogens is 262 g/mol. The number of amides is 1. The molecule has 1 rings (SSSR count). The van der Waals surface area contributed by atoms with Crippen molar-refractivity contribution < 1.29 is 14.6 Å². The van der Waals surface area contributed by atoms with Crippen molar-refractivity contribution in [3.63, 3.8) is 0 Å². The minimum Gasteiger partial charge on any atom is -0.496 e. The Labute approximate surface area is 96.4 Å². The second-order valence-corrected chi connectivity index (χ2v) is 3.85. The summed E-state index contributed by atoms with van der Waals surface area (Å²) in [4.78, 5) is 10.3. The fourth-order valence-electron chi connectivity index (χ4n) is 1.25. The molecule has 0 bridgehead atoms. The van der Waals surface area contributed by atoms with Crippen molar-refractivity contribution in [1.29, 1.82) is 0 Å². The Hall–Kier alpha value is -1.23. The molecule has 0 atom stereocenters. The number of hydrogen-bond acceptors (Lipinski definition) is 2. The highest BCUT2D eigenvalue weighted by atomic mass is 79.9. The van der Waals surface area contributed by atoms with Crippen LogP contribution in [0.2, 0.25) is 0 Å². The summed E-state index contributed by atoms with van der Waals surface area (Å²) in [5.41, 5.74) is 0.973. The summed E-state index contributed by atoms with van der Waals surface area (Å²) in [6.07, 6.45) is -0.404. The van der Waals surface area contributed by atoms with Crippen molar-refractivity contribution >= 4 is 22.0 Å². The van der Waals surface area contributed by atoms with Crippen molar-refractivity contribution in [2.24, 2.45) is 0 Å². The summed E-state index contributed by atoms with van der Waals surface area (Å²) >= 11 is 3.35. The van der Waals surface area contributed by atoms with Crippen LogP contribution in [0.5, 0.6) is 5.75 Å². The van der Waals surface area contributed by atoms with Gasteiger partial charge >= 0.3 is 6.09 Å². The number of carboxylic acid groups (broad SMARTS) is 1. The number of halogens is 1. The van der Waals surface area contributed by atoms with Crippen LogP contribution < -0.4 is 10.1 Å². The van der Waals surface area contributed by atoms with Gasteiger partial charge in [-0.2, -0.15) is 0 Å². The molecule has 0 saturated heterocycles. The van der Waals surface area contributed by atoms with Crippen molar-refractivity contribution in [3.8, 4) is 5.75 Å². The second-order valence-electron chi connectivity index (χ2n) is 2.94. The van der Waals surface area contributed by atoms with Gasteiger partial charge in [0.2, 0.25) is 0 Å². The number of nitrogens with one attached hydrogen (secondary N) is 1. The third kappa shape index (κ3) is 3.79. The van der Waals surface area contributed by atoms with Crippen LogP contribution in [0.4, 0.5) is 4.79 Å². The van der Waals surface area contributed by atoms with E-state index < -0.39 is 6.09 Å². The Kier molecular flexibility index (Phi) is 4.42. The van der Waals surface area contributed by atoms with Crippen LogP contribution in [-0.4, -0.2) is 24.9 Å². The highest BCUT2D eigenvalue weighted by Gasteiger charge is 2.04. The third-order valence-corrected chi connectivity index (χ3v) is 2.41. The predicted octanol–water partition coefficient (Wildman–Crippen LogP) is 2.27. The number of carbonyl (C=O) groups is 1. The van der Waals surface area contributed by atoms with Gasteiger partial charge in [0.05, 0.1) is 7.11 Å².